The van der Waals surface area contributed by atoms with Gasteiger partial charge in [0.15, 0.2) is 0 Å². The lowest BCUT2D eigenvalue weighted by molar-refractivity contribution is -0.137. The molecule has 0 bridgehead atoms. The minimum Gasteiger partial charge on any atom is -0.492 e. The second-order valence-electron chi connectivity index (χ2n) is 5.72. The van der Waals surface area contributed by atoms with E-state index in [4.69, 9.17) is 15.2 Å². The molecule has 5 nitrogen and oxygen atoms in total. The van der Waals surface area contributed by atoms with E-state index in [1.807, 2.05) is 0 Å². The van der Waals surface area contributed by atoms with E-state index in [2.05, 4.69) is 5.32 Å². The summed E-state index contributed by atoms with van der Waals surface area (Å²) in [6, 6.07) is 4.42. The molecule has 0 unspecified atom stereocenters. The number of hydrogen-bond donors (Lipinski definition) is 2. The molecule has 0 aromatic heterocycles. The fourth-order valence-electron chi connectivity index (χ4n) is 2.55. The van der Waals surface area contributed by atoms with Crippen molar-refractivity contribution in [1.82, 2.24) is 5.32 Å². The molecular weight excluding hydrogens is 325 g/mol. The van der Waals surface area contributed by atoms with Crippen LogP contribution in [0.4, 0.5) is 13.2 Å². The number of nitrogens with two attached hydrogens (primary N) is 1. The molecule has 24 heavy (non-hydrogen) atoms. The first-order chi connectivity index (χ1) is 11.4. The fraction of sp³-hybridized carbons (Fsp3) is 0.562. The Bertz CT molecular complexity index is 540. The Morgan fingerprint density at radius 2 is 1.88 bits per heavy atom. The van der Waals surface area contributed by atoms with Gasteiger partial charge in [0.1, 0.15) is 12.4 Å². The molecule has 0 radical (unpaired) electrons. The zero-order valence-corrected chi connectivity index (χ0v) is 13.2. The summed E-state index contributed by atoms with van der Waals surface area (Å²) in [5.74, 6) is 0.182. The topological polar surface area (TPSA) is 73.6 Å². The molecule has 0 spiro atoms. The number of halogens is 3. The van der Waals surface area contributed by atoms with Gasteiger partial charge in [-0.1, -0.05) is 0 Å². The summed E-state index contributed by atoms with van der Waals surface area (Å²) < 4.78 is 48.0. The number of amides is 1. The molecule has 2 rings (SSSR count). The monoisotopic (exact) mass is 346 g/mol. The summed E-state index contributed by atoms with van der Waals surface area (Å²) in [6.07, 6.45) is -3.21. The van der Waals surface area contributed by atoms with Crippen molar-refractivity contribution in [3.63, 3.8) is 0 Å². The number of alkyl halides is 3. The summed E-state index contributed by atoms with van der Waals surface area (Å²) >= 11 is 0. The SMILES string of the molecule is NCC1(C(=O)NCCOc2ccc(C(F)(F)F)cc2)CCOCC1. The van der Waals surface area contributed by atoms with Crippen molar-refractivity contribution in [1.29, 1.82) is 0 Å². The number of rotatable bonds is 6. The Hall–Kier alpha value is -1.80. The van der Waals surface area contributed by atoms with Crippen molar-refractivity contribution in [2.45, 2.75) is 19.0 Å². The molecule has 1 aromatic rings. The Morgan fingerprint density at radius 1 is 1.25 bits per heavy atom. The molecule has 1 aliphatic rings. The Labute approximate surface area is 138 Å². The fourth-order valence-corrected chi connectivity index (χ4v) is 2.55. The maximum atomic E-state index is 12.5. The van der Waals surface area contributed by atoms with Crippen LogP contribution in [0.3, 0.4) is 0 Å². The zero-order valence-electron chi connectivity index (χ0n) is 13.2. The molecule has 0 saturated carbocycles. The second kappa shape index (κ2) is 7.85. The van der Waals surface area contributed by atoms with Gasteiger partial charge in [0.05, 0.1) is 17.5 Å². The van der Waals surface area contributed by atoms with Crippen LogP contribution in [0.2, 0.25) is 0 Å². The van der Waals surface area contributed by atoms with Crippen molar-refractivity contribution in [3.05, 3.63) is 29.8 Å². The van der Waals surface area contributed by atoms with E-state index in [9.17, 15) is 18.0 Å². The van der Waals surface area contributed by atoms with Crippen LogP contribution in [0.25, 0.3) is 0 Å². The van der Waals surface area contributed by atoms with Gasteiger partial charge in [-0.25, -0.2) is 0 Å². The molecule has 1 saturated heterocycles. The van der Waals surface area contributed by atoms with E-state index >= 15 is 0 Å². The van der Waals surface area contributed by atoms with Gasteiger partial charge in [0.25, 0.3) is 0 Å². The molecule has 1 aliphatic heterocycles. The van der Waals surface area contributed by atoms with E-state index in [0.29, 0.717) is 31.8 Å². The molecule has 0 atom stereocenters. The maximum Gasteiger partial charge on any atom is 0.416 e. The highest BCUT2D eigenvalue weighted by Crippen LogP contribution is 2.30. The molecular formula is C16H21F3N2O3. The van der Waals surface area contributed by atoms with Crippen LogP contribution in [-0.4, -0.2) is 38.8 Å². The molecule has 134 valence electrons. The number of nitrogens with one attached hydrogen (secondary N) is 1. The Kier molecular flexibility index (Phi) is 6.06. The summed E-state index contributed by atoms with van der Waals surface area (Å²) in [7, 11) is 0. The molecule has 1 aromatic carbocycles. The van der Waals surface area contributed by atoms with Crippen molar-refractivity contribution >= 4 is 5.91 Å². The van der Waals surface area contributed by atoms with Crippen molar-refractivity contribution in [2.75, 3.05) is 32.9 Å². The molecule has 1 fully saturated rings. The maximum absolute atomic E-state index is 12.5. The first-order valence-electron chi connectivity index (χ1n) is 7.74. The van der Waals surface area contributed by atoms with E-state index in [0.717, 1.165) is 12.1 Å². The number of carbonyl (C=O) groups is 1. The van der Waals surface area contributed by atoms with Gasteiger partial charge in [-0.2, -0.15) is 13.2 Å². The molecule has 0 aliphatic carbocycles. The van der Waals surface area contributed by atoms with Crippen molar-refractivity contribution in [2.24, 2.45) is 11.1 Å². The largest absolute Gasteiger partial charge is 0.492 e. The van der Waals surface area contributed by atoms with Crippen molar-refractivity contribution in [3.8, 4) is 5.75 Å². The van der Waals surface area contributed by atoms with Gasteiger partial charge in [0.2, 0.25) is 5.91 Å². The highest BCUT2D eigenvalue weighted by atomic mass is 19.4. The Balaban J connectivity index is 1.77. The van der Waals surface area contributed by atoms with Crippen molar-refractivity contribution < 1.29 is 27.4 Å². The average molecular weight is 346 g/mol. The third-order valence-electron chi connectivity index (χ3n) is 4.16. The van der Waals surface area contributed by atoms with Crippen LogP contribution >= 0.6 is 0 Å². The van der Waals surface area contributed by atoms with Crippen LogP contribution in [0.5, 0.6) is 5.75 Å². The quantitative estimate of drug-likeness (QED) is 0.773. The third kappa shape index (κ3) is 4.61. The molecule has 1 amide bonds. The van der Waals surface area contributed by atoms with Gasteiger partial charge in [0, 0.05) is 19.8 Å². The second-order valence-corrected chi connectivity index (χ2v) is 5.72. The van der Waals surface area contributed by atoms with E-state index in [1.54, 1.807) is 0 Å². The van der Waals surface area contributed by atoms with Gasteiger partial charge in [-0.15, -0.1) is 0 Å². The lowest BCUT2D eigenvalue weighted by Crippen LogP contribution is -2.49. The molecule has 1 heterocycles. The van der Waals surface area contributed by atoms with Gasteiger partial charge in [-0.05, 0) is 37.1 Å². The summed E-state index contributed by atoms with van der Waals surface area (Å²) in [5, 5.41) is 2.77. The number of hydrogen-bond acceptors (Lipinski definition) is 4. The van der Waals surface area contributed by atoms with Gasteiger partial charge < -0.3 is 20.5 Å². The Morgan fingerprint density at radius 3 is 2.42 bits per heavy atom. The minimum absolute atomic E-state index is 0.135. The van der Waals surface area contributed by atoms with Gasteiger partial charge in [-0.3, -0.25) is 4.79 Å². The average Bonchev–Trinajstić information content (AvgIpc) is 2.58. The third-order valence-corrected chi connectivity index (χ3v) is 4.16. The highest BCUT2D eigenvalue weighted by molar-refractivity contribution is 5.83. The van der Waals surface area contributed by atoms with Crippen LogP contribution in [0, 0.1) is 5.41 Å². The molecule has 3 N–H and O–H groups in total. The van der Waals surface area contributed by atoms with E-state index < -0.39 is 17.2 Å². The standard InChI is InChI=1S/C16H21F3N2O3/c17-16(18,19)12-1-3-13(4-2-12)24-10-7-21-14(22)15(11-20)5-8-23-9-6-15/h1-4H,5-11,20H2,(H,21,22). The lowest BCUT2D eigenvalue weighted by atomic mass is 9.79. The first kappa shape index (κ1) is 18.5. The van der Waals surface area contributed by atoms with Gasteiger partial charge >= 0.3 is 6.18 Å². The summed E-state index contributed by atoms with van der Waals surface area (Å²) in [5.41, 5.74) is 4.41. The first-order valence-corrected chi connectivity index (χ1v) is 7.74. The van der Waals surface area contributed by atoms with Crippen LogP contribution < -0.4 is 15.8 Å². The van der Waals surface area contributed by atoms with E-state index in [-0.39, 0.29) is 25.6 Å². The predicted molar refractivity (Wildman–Crippen MR) is 81.5 cm³/mol. The number of ether oxygens (including phenoxy) is 2. The predicted octanol–water partition coefficient (Wildman–Crippen LogP) is 1.96. The minimum atomic E-state index is -4.37. The summed E-state index contributed by atoms with van der Waals surface area (Å²) in [4.78, 5) is 12.3. The zero-order chi connectivity index (χ0) is 17.6. The van der Waals surface area contributed by atoms with Crippen LogP contribution in [-0.2, 0) is 15.7 Å². The molecule has 8 heteroatoms. The van der Waals surface area contributed by atoms with E-state index in [1.165, 1.54) is 12.1 Å². The lowest BCUT2D eigenvalue weighted by Gasteiger charge is -2.34. The summed E-state index contributed by atoms with van der Waals surface area (Å²) in [6.45, 7) is 1.68. The van der Waals surface area contributed by atoms with Crippen LogP contribution in [0.1, 0.15) is 18.4 Å². The smallest absolute Gasteiger partial charge is 0.416 e. The number of carbonyl (C=O) groups excluding carboxylic acids is 1. The highest BCUT2D eigenvalue weighted by Gasteiger charge is 2.38. The normalized spacial score (nSPS) is 17.3. The van der Waals surface area contributed by atoms with Crippen LogP contribution in [0.15, 0.2) is 24.3 Å². The number of benzene rings is 1.